The number of aromatic nitrogens is 2. The first kappa shape index (κ1) is 17.6. The van der Waals surface area contributed by atoms with Crippen molar-refractivity contribution in [1.82, 2.24) is 9.78 Å². The molecule has 1 fully saturated rings. The van der Waals surface area contributed by atoms with Gasteiger partial charge in [0.25, 0.3) is 5.91 Å². The molecule has 2 atom stereocenters. The van der Waals surface area contributed by atoms with Gasteiger partial charge < -0.3 is 20.7 Å². The number of nitrogens with one attached hydrogen (secondary N) is 1. The molecule has 0 unspecified atom stereocenters. The summed E-state index contributed by atoms with van der Waals surface area (Å²) in [6, 6.07) is 7.76. The number of fused-ring (bicyclic) bond motifs is 1. The highest BCUT2D eigenvalue weighted by Crippen LogP contribution is 2.34. The number of benzene rings is 1. The molecule has 138 valence electrons. The normalized spacial score (nSPS) is 21.6. The summed E-state index contributed by atoms with van der Waals surface area (Å²) in [6.07, 6.45) is 5.36. The molecule has 0 spiro atoms. The van der Waals surface area contributed by atoms with Gasteiger partial charge in [0.15, 0.2) is 5.82 Å². The molecule has 1 amide bonds. The Hall–Kier alpha value is -2.83. The fourth-order valence-electron chi connectivity index (χ4n) is 3.84. The van der Waals surface area contributed by atoms with Crippen LogP contribution in [0.1, 0.15) is 47.6 Å². The van der Waals surface area contributed by atoms with E-state index in [1.54, 1.807) is 16.9 Å². The maximum atomic E-state index is 11.9. The fraction of sp³-hybridized carbons (Fsp3) is 0.389. The second-order valence-corrected chi connectivity index (χ2v) is 7.02. The van der Waals surface area contributed by atoms with E-state index >= 15 is 0 Å². The number of rotatable bonds is 4. The van der Waals surface area contributed by atoms with Crippen molar-refractivity contribution in [3.63, 3.8) is 0 Å². The number of amides is 1. The van der Waals surface area contributed by atoms with Crippen molar-refractivity contribution in [1.29, 1.82) is 5.26 Å². The molecule has 4 N–H and O–H groups in total. The van der Waals surface area contributed by atoms with Crippen LogP contribution in [0.5, 0.6) is 0 Å². The van der Waals surface area contributed by atoms with Crippen LogP contribution in [0, 0.1) is 17.2 Å². The first-order valence-corrected chi connectivity index (χ1v) is 9.05. The molecule has 9 heteroatoms. The van der Waals surface area contributed by atoms with Gasteiger partial charge in [-0.2, -0.15) is 10.4 Å². The minimum atomic E-state index is -0.950. The van der Waals surface area contributed by atoms with Crippen molar-refractivity contribution in [3.05, 3.63) is 35.5 Å². The lowest BCUT2D eigenvalue weighted by Gasteiger charge is -2.26. The lowest BCUT2D eigenvalue weighted by atomic mass is 9.79. The van der Waals surface area contributed by atoms with Crippen LogP contribution in [0.3, 0.4) is 0 Å². The molecule has 8 nitrogen and oxygen atoms in total. The molecule has 2 aromatic rings. The van der Waals surface area contributed by atoms with E-state index in [1.165, 1.54) is 0 Å². The molecule has 1 aromatic carbocycles. The highest BCUT2D eigenvalue weighted by molar-refractivity contribution is 6.61. The SMILES string of the molecule is N#C[C@H]1CCCC[C@@H]1n1cc(C(N)=O)c(Nc2ccc3c(c2)B(O)OC3)n1. The van der Waals surface area contributed by atoms with Gasteiger partial charge in [-0.3, -0.25) is 9.48 Å². The number of hydrogen-bond donors (Lipinski definition) is 3. The number of anilines is 2. The average Bonchev–Trinajstić information content (AvgIpc) is 3.26. The van der Waals surface area contributed by atoms with Crippen LogP contribution in [-0.2, 0) is 11.3 Å². The smallest absolute Gasteiger partial charge is 0.423 e. The molecule has 4 rings (SSSR count). The summed E-state index contributed by atoms with van der Waals surface area (Å²) in [5, 5.41) is 26.9. The summed E-state index contributed by atoms with van der Waals surface area (Å²) in [6.45, 7) is 0.370. The number of primary amides is 1. The third-order valence-corrected chi connectivity index (χ3v) is 5.30. The largest absolute Gasteiger partial charge is 0.491 e. The second kappa shape index (κ2) is 7.06. The quantitative estimate of drug-likeness (QED) is 0.699. The zero-order valence-corrected chi connectivity index (χ0v) is 14.8. The van der Waals surface area contributed by atoms with Crippen molar-refractivity contribution in [2.45, 2.75) is 38.3 Å². The van der Waals surface area contributed by atoms with E-state index < -0.39 is 13.0 Å². The Labute approximate surface area is 157 Å². The third kappa shape index (κ3) is 3.29. The van der Waals surface area contributed by atoms with E-state index in [2.05, 4.69) is 16.5 Å². The fourth-order valence-corrected chi connectivity index (χ4v) is 3.84. The lowest BCUT2D eigenvalue weighted by molar-refractivity contribution is 0.100. The van der Waals surface area contributed by atoms with Crippen LogP contribution in [0.15, 0.2) is 24.4 Å². The number of hydrogen-bond acceptors (Lipinski definition) is 6. The van der Waals surface area contributed by atoms with Gasteiger partial charge in [0.1, 0.15) is 5.56 Å². The van der Waals surface area contributed by atoms with Gasteiger partial charge in [-0.25, -0.2) is 0 Å². The van der Waals surface area contributed by atoms with E-state index in [-0.39, 0.29) is 17.5 Å². The van der Waals surface area contributed by atoms with E-state index in [0.29, 0.717) is 23.6 Å². The second-order valence-electron chi connectivity index (χ2n) is 7.02. The Morgan fingerprint density at radius 3 is 3.04 bits per heavy atom. The molecule has 0 radical (unpaired) electrons. The first-order valence-electron chi connectivity index (χ1n) is 9.05. The molecule has 1 aliphatic heterocycles. The predicted molar refractivity (Wildman–Crippen MR) is 99.5 cm³/mol. The number of nitriles is 1. The Kier molecular flexibility index (Phi) is 4.60. The van der Waals surface area contributed by atoms with Gasteiger partial charge in [0.2, 0.25) is 0 Å². The van der Waals surface area contributed by atoms with Gasteiger partial charge in [-0.05, 0) is 36.0 Å². The average molecular weight is 365 g/mol. The van der Waals surface area contributed by atoms with Crippen LogP contribution >= 0.6 is 0 Å². The molecule has 2 aliphatic rings. The monoisotopic (exact) mass is 365 g/mol. The highest BCUT2D eigenvalue weighted by atomic mass is 16.5. The maximum absolute atomic E-state index is 11.9. The van der Waals surface area contributed by atoms with Crippen molar-refractivity contribution < 1.29 is 14.5 Å². The molecular formula is C18H20BN5O3. The van der Waals surface area contributed by atoms with E-state index in [0.717, 1.165) is 31.2 Å². The first-order chi connectivity index (χ1) is 13.1. The van der Waals surface area contributed by atoms with E-state index in [1.807, 2.05) is 12.1 Å². The predicted octanol–water partition coefficient (Wildman–Crippen LogP) is 1.20. The molecule has 0 bridgehead atoms. The zero-order chi connectivity index (χ0) is 19.0. The number of nitrogens with zero attached hydrogens (tertiary/aromatic N) is 3. The van der Waals surface area contributed by atoms with Gasteiger partial charge in [0, 0.05) is 11.9 Å². The van der Waals surface area contributed by atoms with E-state index in [9.17, 15) is 15.1 Å². The summed E-state index contributed by atoms with van der Waals surface area (Å²) in [5.74, 6) is -0.366. The molecule has 1 aliphatic carbocycles. The minimum absolute atomic E-state index is 0.0624. The summed E-state index contributed by atoms with van der Waals surface area (Å²) in [7, 11) is -0.950. The summed E-state index contributed by atoms with van der Waals surface area (Å²) in [5.41, 5.74) is 8.09. The van der Waals surface area contributed by atoms with Gasteiger partial charge in [-0.1, -0.05) is 18.9 Å². The molecular weight excluding hydrogens is 345 g/mol. The Morgan fingerprint density at radius 2 is 2.26 bits per heavy atom. The van der Waals surface area contributed by atoms with Gasteiger partial charge >= 0.3 is 7.12 Å². The van der Waals surface area contributed by atoms with Crippen molar-refractivity contribution in [3.8, 4) is 6.07 Å². The molecule has 0 saturated heterocycles. The van der Waals surface area contributed by atoms with Crippen LogP contribution in [0.2, 0.25) is 0 Å². The number of nitrogens with two attached hydrogens (primary N) is 1. The van der Waals surface area contributed by atoms with Crippen molar-refractivity contribution >= 4 is 30.0 Å². The standard InChI is InChI=1S/C18H20BN5O3/c20-8-11-3-1-2-4-16(11)24-9-14(17(21)25)18(23-24)22-13-6-5-12-10-27-19(26)15(12)7-13/h5-7,9,11,16,26H,1-4,10H2,(H2,21,25)(H,22,23)/t11-,16+/m1/s1. The summed E-state index contributed by atoms with van der Waals surface area (Å²) < 4.78 is 6.90. The van der Waals surface area contributed by atoms with Crippen LogP contribution in [-0.4, -0.2) is 27.8 Å². The molecule has 27 heavy (non-hydrogen) atoms. The molecule has 1 saturated carbocycles. The van der Waals surface area contributed by atoms with Gasteiger partial charge in [-0.15, -0.1) is 0 Å². The van der Waals surface area contributed by atoms with Crippen molar-refractivity contribution in [2.75, 3.05) is 5.32 Å². The molecule has 2 heterocycles. The Bertz CT molecular complexity index is 922. The van der Waals surface area contributed by atoms with E-state index in [4.69, 9.17) is 10.4 Å². The zero-order valence-electron chi connectivity index (χ0n) is 14.8. The molecule has 1 aromatic heterocycles. The Balaban J connectivity index is 1.65. The summed E-state index contributed by atoms with van der Waals surface area (Å²) in [4.78, 5) is 11.9. The lowest BCUT2D eigenvalue weighted by Crippen LogP contribution is -2.28. The third-order valence-electron chi connectivity index (χ3n) is 5.30. The van der Waals surface area contributed by atoms with Gasteiger partial charge in [0.05, 0.1) is 24.6 Å². The topological polar surface area (TPSA) is 126 Å². The maximum Gasteiger partial charge on any atom is 0.491 e. The van der Waals surface area contributed by atoms with Crippen LogP contribution in [0.4, 0.5) is 11.5 Å². The van der Waals surface area contributed by atoms with Crippen LogP contribution < -0.4 is 16.5 Å². The number of carbonyl (C=O) groups excluding carboxylic acids is 1. The Morgan fingerprint density at radius 1 is 1.44 bits per heavy atom. The number of carbonyl (C=O) groups is 1. The minimum Gasteiger partial charge on any atom is -0.423 e. The summed E-state index contributed by atoms with van der Waals surface area (Å²) >= 11 is 0. The van der Waals surface area contributed by atoms with Crippen molar-refractivity contribution in [2.24, 2.45) is 11.7 Å². The highest BCUT2D eigenvalue weighted by Gasteiger charge is 2.30. The van der Waals surface area contributed by atoms with Crippen LogP contribution in [0.25, 0.3) is 0 Å².